The molecule has 1 aromatic carbocycles. The highest BCUT2D eigenvalue weighted by Crippen LogP contribution is 2.19. The molecule has 0 saturated carbocycles. The monoisotopic (exact) mass is 184 g/mol. The van der Waals surface area contributed by atoms with Crippen LogP contribution in [0, 0.1) is 6.92 Å². The van der Waals surface area contributed by atoms with Gasteiger partial charge in [0, 0.05) is 17.8 Å². The minimum absolute atomic E-state index is 1.13. The first-order valence-corrected chi connectivity index (χ1v) is 4.55. The van der Waals surface area contributed by atoms with Crippen LogP contribution in [0.25, 0.3) is 10.9 Å². The Morgan fingerprint density at radius 1 is 1.36 bits per heavy atom. The lowest BCUT2D eigenvalue weighted by Gasteiger charge is -1.94. The molecule has 0 fully saturated rings. The van der Waals surface area contributed by atoms with Crippen LogP contribution >= 0.6 is 0 Å². The van der Waals surface area contributed by atoms with Gasteiger partial charge in [0.05, 0.1) is 5.52 Å². The molecule has 2 aromatic rings. The van der Waals surface area contributed by atoms with E-state index in [1.165, 1.54) is 10.9 Å². The van der Waals surface area contributed by atoms with Crippen LogP contribution in [0.3, 0.4) is 0 Å². The van der Waals surface area contributed by atoms with Gasteiger partial charge in [-0.1, -0.05) is 24.8 Å². The normalized spacial score (nSPS) is 11.2. The smallest absolute Gasteiger partial charge is 0.0721 e. The molecule has 2 heteroatoms. The Kier molecular flexibility index (Phi) is 2.19. The summed E-state index contributed by atoms with van der Waals surface area (Å²) in [6, 6.07) is 8.21. The van der Waals surface area contributed by atoms with Crippen molar-refractivity contribution in [3.63, 3.8) is 0 Å². The van der Waals surface area contributed by atoms with Crippen molar-refractivity contribution >= 4 is 17.1 Å². The van der Waals surface area contributed by atoms with E-state index in [2.05, 4.69) is 30.7 Å². The molecule has 0 atom stereocenters. The summed E-state index contributed by atoms with van der Waals surface area (Å²) in [5.41, 5.74) is 2.37. The van der Waals surface area contributed by atoms with E-state index in [0.29, 0.717) is 0 Å². The highest BCUT2D eigenvalue weighted by molar-refractivity contribution is 5.84. The third-order valence-electron chi connectivity index (χ3n) is 2.19. The second kappa shape index (κ2) is 3.50. The zero-order chi connectivity index (χ0) is 9.97. The maximum Gasteiger partial charge on any atom is 0.0721 e. The maximum atomic E-state index is 4.25. The van der Waals surface area contributed by atoms with Crippen LogP contribution in [0.4, 0.5) is 0 Å². The van der Waals surface area contributed by atoms with Gasteiger partial charge in [0.15, 0.2) is 0 Å². The molecular formula is C12H12N2. The van der Waals surface area contributed by atoms with Crippen molar-refractivity contribution < 1.29 is 0 Å². The Hall–Kier alpha value is -1.83. The van der Waals surface area contributed by atoms with Gasteiger partial charge in [0.1, 0.15) is 0 Å². The van der Waals surface area contributed by atoms with Crippen LogP contribution in [-0.4, -0.2) is 10.9 Å². The molecule has 0 spiro atoms. The number of nitrogens with zero attached hydrogens (tertiary/aromatic N) is 2. The van der Waals surface area contributed by atoms with E-state index >= 15 is 0 Å². The lowest BCUT2D eigenvalue weighted by molar-refractivity contribution is 0.930. The molecule has 0 radical (unpaired) electrons. The van der Waals surface area contributed by atoms with E-state index < -0.39 is 0 Å². The number of aryl methyl sites for hydroxylation is 1. The average Bonchev–Trinajstić information content (AvgIpc) is 2.54. The molecule has 0 N–H and O–H groups in total. The lowest BCUT2D eigenvalue weighted by Crippen LogP contribution is -1.84. The van der Waals surface area contributed by atoms with E-state index in [-0.39, 0.29) is 0 Å². The van der Waals surface area contributed by atoms with Gasteiger partial charge in [-0.05, 0) is 24.6 Å². The Morgan fingerprint density at radius 2 is 2.14 bits per heavy atom. The quantitative estimate of drug-likeness (QED) is 0.638. The number of para-hydroxylation sites is 1. The summed E-state index contributed by atoms with van der Waals surface area (Å²) >= 11 is 0. The molecule has 0 aliphatic rings. The minimum atomic E-state index is 1.13. The second-order valence-electron chi connectivity index (χ2n) is 3.17. The SMILES string of the molecule is C=CC=Nn1cc(C)c2ccccc21. The summed E-state index contributed by atoms with van der Waals surface area (Å²) < 4.78 is 1.87. The summed E-state index contributed by atoms with van der Waals surface area (Å²) in [7, 11) is 0. The number of rotatable bonds is 2. The Labute approximate surface area is 83.2 Å². The minimum Gasteiger partial charge on any atom is -0.240 e. The van der Waals surface area contributed by atoms with Crippen molar-refractivity contribution in [2.75, 3.05) is 0 Å². The summed E-state index contributed by atoms with van der Waals surface area (Å²) in [6.45, 7) is 5.69. The fourth-order valence-electron chi connectivity index (χ4n) is 1.54. The van der Waals surface area contributed by atoms with E-state index in [0.717, 1.165) is 5.52 Å². The van der Waals surface area contributed by atoms with E-state index in [4.69, 9.17) is 0 Å². The molecule has 1 aromatic heterocycles. The molecule has 2 nitrogen and oxygen atoms in total. The van der Waals surface area contributed by atoms with Gasteiger partial charge in [-0.2, -0.15) is 5.10 Å². The Bertz CT molecular complexity index is 492. The second-order valence-corrected chi connectivity index (χ2v) is 3.17. The van der Waals surface area contributed by atoms with Gasteiger partial charge in [-0.3, -0.25) is 0 Å². The molecule has 0 saturated heterocycles. The molecule has 70 valence electrons. The van der Waals surface area contributed by atoms with Crippen molar-refractivity contribution in [1.29, 1.82) is 0 Å². The first-order valence-electron chi connectivity index (χ1n) is 4.55. The molecule has 1 heterocycles. The van der Waals surface area contributed by atoms with Gasteiger partial charge >= 0.3 is 0 Å². The van der Waals surface area contributed by atoms with Gasteiger partial charge in [0.25, 0.3) is 0 Å². The van der Waals surface area contributed by atoms with Gasteiger partial charge < -0.3 is 0 Å². The number of benzene rings is 1. The van der Waals surface area contributed by atoms with Crippen LogP contribution in [0.15, 0.2) is 48.2 Å². The first kappa shape index (κ1) is 8.75. The third-order valence-corrected chi connectivity index (χ3v) is 2.19. The number of hydrogen-bond acceptors (Lipinski definition) is 1. The van der Waals surface area contributed by atoms with Crippen molar-refractivity contribution in [3.05, 3.63) is 48.7 Å². The lowest BCUT2D eigenvalue weighted by atomic mass is 10.2. The van der Waals surface area contributed by atoms with Crippen molar-refractivity contribution in [2.24, 2.45) is 5.10 Å². The first-order chi connectivity index (χ1) is 6.83. The molecule has 0 unspecified atom stereocenters. The van der Waals surface area contributed by atoms with Crippen LogP contribution in [-0.2, 0) is 0 Å². The van der Waals surface area contributed by atoms with E-state index in [9.17, 15) is 0 Å². The number of hydrogen-bond donors (Lipinski definition) is 0. The van der Waals surface area contributed by atoms with Crippen molar-refractivity contribution in [3.8, 4) is 0 Å². The molecular weight excluding hydrogens is 172 g/mol. The number of allylic oxidation sites excluding steroid dienone is 1. The van der Waals surface area contributed by atoms with Crippen LogP contribution in [0.2, 0.25) is 0 Å². The van der Waals surface area contributed by atoms with Crippen LogP contribution in [0.1, 0.15) is 5.56 Å². The zero-order valence-corrected chi connectivity index (χ0v) is 8.14. The Balaban J connectivity index is 2.66. The van der Waals surface area contributed by atoms with E-state index in [1.807, 2.05) is 23.0 Å². The molecule has 2 rings (SSSR count). The average molecular weight is 184 g/mol. The number of aromatic nitrogens is 1. The summed E-state index contributed by atoms with van der Waals surface area (Å²) in [5.74, 6) is 0. The predicted molar refractivity (Wildman–Crippen MR) is 60.8 cm³/mol. The van der Waals surface area contributed by atoms with E-state index in [1.54, 1.807) is 12.3 Å². The maximum absolute atomic E-state index is 4.25. The molecule has 0 bridgehead atoms. The van der Waals surface area contributed by atoms with Crippen molar-refractivity contribution in [2.45, 2.75) is 6.92 Å². The fraction of sp³-hybridized carbons (Fsp3) is 0.0833. The molecule has 0 aliphatic carbocycles. The predicted octanol–water partition coefficient (Wildman–Crippen LogP) is 2.97. The number of fused-ring (bicyclic) bond motifs is 1. The highest BCUT2D eigenvalue weighted by Gasteiger charge is 2.01. The van der Waals surface area contributed by atoms with Crippen LogP contribution < -0.4 is 0 Å². The summed E-state index contributed by atoms with van der Waals surface area (Å²) in [6.07, 6.45) is 5.38. The molecule has 14 heavy (non-hydrogen) atoms. The topological polar surface area (TPSA) is 17.3 Å². The van der Waals surface area contributed by atoms with Crippen LogP contribution in [0.5, 0.6) is 0 Å². The van der Waals surface area contributed by atoms with Gasteiger partial charge in [-0.25, -0.2) is 4.68 Å². The zero-order valence-electron chi connectivity index (χ0n) is 8.14. The summed E-state index contributed by atoms with van der Waals surface area (Å²) in [5, 5.41) is 5.49. The molecule has 0 amide bonds. The summed E-state index contributed by atoms with van der Waals surface area (Å²) in [4.78, 5) is 0. The molecule has 0 aliphatic heterocycles. The van der Waals surface area contributed by atoms with Crippen molar-refractivity contribution in [1.82, 2.24) is 4.68 Å². The van der Waals surface area contributed by atoms with Gasteiger partial charge in [-0.15, -0.1) is 0 Å². The largest absolute Gasteiger partial charge is 0.240 e. The standard InChI is InChI=1S/C12H12N2/c1-3-8-13-14-9-10(2)11-6-4-5-7-12(11)14/h3-9H,1H2,2H3. The van der Waals surface area contributed by atoms with Gasteiger partial charge in [0.2, 0.25) is 0 Å². The fourth-order valence-corrected chi connectivity index (χ4v) is 1.54. The highest BCUT2D eigenvalue weighted by atomic mass is 15.3. The Morgan fingerprint density at radius 3 is 2.93 bits per heavy atom. The third kappa shape index (κ3) is 1.35.